The Balaban J connectivity index is 0.000000237. The minimum atomic E-state index is -0.648. The first-order valence-electron chi connectivity index (χ1n) is 26.2. The summed E-state index contributed by atoms with van der Waals surface area (Å²) in [4.78, 5) is 96.5. The van der Waals surface area contributed by atoms with Crippen LogP contribution in [0.15, 0.2) is 87.4 Å². The Morgan fingerprint density at radius 2 is 0.935 bits per heavy atom. The monoisotopic (exact) mass is 1950 g/mol. The minimum Gasteiger partial charge on any atom is -0.465 e. The quantitative estimate of drug-likeness (QED) is 0.0218. The SMILES string of the molecule is COC(=O)c1cc(I)c(C)c([N+](=O)[O-])c1.COC(=O)c1cc(I)c2c(c1)CN=C2.COC(=O)c1cc(I)c2c(c1)CN=C2Br.COC(=O)c1cc(N)c(C)c(I)c1.COC(=O)c1cc(N)c(C)c([N+](=O)[O-])c1.COCCCn1nc(Br)c2c(I)cc(C(=O)OC)cc21. The lowest BCUT2D eigenvalue weighted by Crippen LogP contribution is -2.05. The summed E-state index contributed by atoms with van der Waals surface area (Å²) in [5, 5.41) is 26.8. The van der Waals surface area contributed by atoms with E-state index in [1.807, 2.05) is 70.7 Å². The molecule has 0 fully saturated rings. The molecule has 0 radical (unpaired) electrons. The van der Waals surface area contributed by atoms with Gasteiger partial charge in [0.15, 0.2) is 0 Å². The number of anilines is 2. The number of ether oxygens (including phenoxy) is 7. The van der Waals surface area contributed by atoms with E-state index in [-0.39, 0.29) is 52.1 Å². The number of nitro groups is 2. The molecule has 2 aliphatic heterocycles. The summed E-state index contributed by atoms with van der Waals surface area (Å²) in [5.41, 5.74) is 21.5. The molecule has 1 aromatic heterocycles. The molecule has 7 aromatic rings. The summed E-state index contributed by atoms with van der Waals surface area (Å²) in [6.07, 6.45) is 2.71. The Hall–Kier alpha value is -6.08. The van der Waals surface area contributed by atoms with E-state index in [1.165, 1.54) is 61.7 Å². The van der Waals surface area contributed by atoms with Gasteiger partial charge in [-0.1, -0.05) is 0 Å². The lowest BCUT2D eigenvalue weighted by Gasteiger charge is -2.05. The van der Waals surface area contributed by atoms with Crippen LogP contribution in [0.25, 0.3) is 10.9 Å². The smallest absolute Gasteiger partial charge is 0.338 e. The van der Waals surface area contributed by atoms with E-state index in [0.29, 0.717) is 62.3 Å². The number of aryl methyl sites for hydroxylation is 1. The molecule has 92 heavy (non-hydrogen) atoms. The predicted octanol–water partition coefficient (Wildman–Crippen LogP) is 13.5. The van der Waals surface area contributed by atoms with Crippen molar-refractivity contribution < 1.29 is 71.8 Å². The minimum absolute atomic E-state index is 0.0673. The second-order valence-corrected chi connectivity index (χ2v) is 26.1. The molecule has 32 heteroatoms. The van der Waals surface area contributed by atoms with Gasteiger partial charge in [-0.25, -0.2) is 28.8 Å². The second-order valence-electron chi connectivity index (χ2n) is 18.8. The van der Waals surface area contributed by atoms with Gasteiger partial charge in [-0.15, -0.1) is 0 Å². The number of hydrogen-bond acceptors (Lipinski definition) is 22. The number of aromatic nitrogens is 2. The fourth-order valence-corrected chi connectivity index (χ4v) is 13.9. The second kappa shape index (κ2) is 37.1. The number of nitrogens with two attached hydrogens (primary N) is 2. The van der Waals surface area contributed by atoms with Gasteiger partial charge in [0, 0.05) is 95.5 Å². The molecule has 0 aliphatic carbocycles. The number of rotatable bonds is 12. The molecule has 0 spiro atoms. The Labute approximate surface area is 612 Å². The van der Waals surface area contributed by atoms with E-state index in [1.54, 1.807) is 38.3 Å². The van der Waals surface area contributed by atoms with Crippen molar-refractivity contribution in [2.45, 2.75) is 46.8 Å². The van der Waals surface area contributed by atoms with Crippen LogP contribution in [0.2, 0.25) is 0 Å². The lowest BCUT2D eigenvalue weighted by molar-refractivity contribution is -0.385. The van der Waals surface area contributed by atoms with E-state index in [2.05, 4.69) is 161 Å². The zero-order chi connectivity index (χ0) is 69.0. The molecule has 488 valence electrons. The first kappa shape index (κ1) is 78.4. The number of nitrogen functional groups attached to an aromatic ring is 2. The van der Waals surface area contributed by atoms with Crippen molar-refractivity contribution in [3.8, 4) is 0 Å². The maximum atomic E-state index is 11.7. The number of esters is 6. The van der Waals surface area contributed by atoms with Crippen LogP contribution >= 0.6 is 145 Å². The number of carbonyl (C=O) groups is 6. The number of benzene rings is 6. The van der Waals surface area contributed by atoms with E-state index >= 15 is 0 Å². The van der Waals surface area contributed by atoms with Crippen LogP contribution in [0.4, 0.5) is 22.7 Å². The van der Waals surface area contributed by atoms with Crippen molar-refractivity contribution >= 4 is 225 Å². The molecule has 0 bridgehead atoms. The first-order valence-corrected chi connectivity index (χ1v) is 33.2. The van der Waals surface area contributed by atoms with Crippen LogP contribution in [0.1, 0.15) is 108 Å². The van der Waals surface area contributed by atoms with Crippen molar-refractivity contribution in [3.05, 3.63) is 188 Å². The van der Waals surface area contributed by atoms with Crippen molar-refractivity contribution in [1.29, 1.82) is 0 Å². The van der Waals surface area contributed by atoms with Crippen molar-refractivity contribution in [2.24, 2.45) is 9.98 Å². The maximum absolute atomic E-state index is 11.7. The molecule has 25 nitrogen and oxygen atoms in total. The van der Waals surface area contributed by atoms with Gasteiger partial charge in [-0.05, 0) is 249 Å². The van der Waals surface area contributed by atoms with E-state index in [4.69, 9.17) is 20.9 Å². The highest BCUT2D eigenvalue weighted by molar-refractivity contribution is 14.1. The number of hydrogen-bond donors (Lipinski definition) is 2. The fourth-order valence-electron chi connectivity index (χ4n) is 8.06. The fraction of sp³-hybridized carbons (Fsp3) is 0.250. The molecular weight excluding hydrogens is 1900 g/mol. The van der Waals surface area contributed by atoms with E-state index in [9.17, 15) is 49.0 Å². The highest BCUT2D eigenvalue weighted by Gasteiger charge is 2.23. The van der Waals surface area contributed by atoms with Crippen molar-refractivity contribution in [3.63, 3.8) is 0 Å². The number of nitro benzene ring substituents is 2. The zero-order valence-electron chi connectivity index (χ0n) is 50.5. The van der Waals surface area contributed by atoms with Crippen LogP contribution in [-0.2, 0) is 52.8 Å². The lowest BCUT2D eigenvalue weighted by atomic mass is 10.1. The van der Waals surface area contributed by atoms with Crippen LogP contribution in [0.5, 0.6) is 0 Å². The standard InChI is InChI=1S/C13H14BrIN2O3.C10H7BrINO2.C10H8INO2.C9H8INO4.C9H10INO2.C9H10N2O4/c1-19-5-3-4-17-10-7-8(13(18)20-2)6-9(15)11(10)12(14)16-17;1-15-10(14)5-2-6-4-13-9(11)8(6)7(12)3-5;1-14-10(13)6-2-7-4-12-5-8(7)9(11)3-6;1-5-7(10)3-6(9(12)15-2)4-8(5)11(13)14;1-5-7(10)3-6(4-8(5)11)9(12)13-2;1-5-7(10)3-6(9(12)15-2)4-8(5)11(13)14/h6-7H,3-5H2,1-2H3;2-3H,4H2,1H3;2-3,5H,4H2,1H3;3-4H,1-2H3;3-4H,11H2,1-2H3;3-4H,10H2,1-2H3. The molecule has 6 aromatic carbocycles. The van der Waals surface area contributed by atoms with Gasteiger partial charge in [0.2, 0.25) is 0 Å². The largest absolute Gasteiger partial charge is 0.465 e. The van der Waals surface area contributed by atoms with Gasteiger partial charge in [-0.3, -0.25) is 34.9 Å². The van der Waals surface area contributed by atoms with Gasteiger partial charge in [-0.2, -0.15) is 5.10 Å². The summed E-state index contributed by atoms with van der Waals surface area (Å²) in [6.45, 7) is 7.77. The third-order valence-electron chi connectivity index (χ3n) is 13.0. The average Bonchev–Trinajstić information content (AvgIpc) is 1.64. The first-order chi connectivity index (χ1) is 43.4. The molecule has 3 heterocycles. The van der Waals surface area contributed by atoms with Gasteiger partial charge in [0.1, 0.15) is 9.22 Å². The van der Waals surface area contributed by atoms with Gasteiger partial charge < -0.3 is 44.6 Å². The number of carbonyl (C=O) groups excluding carboxylic acids is 6. The van der Waals surface area contributed by atoms with Crippen LogP contribution in [0, 0.1) is 58.9 Å². The normalized spacial score (nSPS) is 11.1. The Morgan fingerprint density at radius 1 is 0.533 bits per heavy atom. The highest BCUT2D eigenvalue weighted by Crippen LogP contribution is 2.32. The van der Waals surface area contributed by atoms with Crippen LogP contribution in [0.3, 0.4) is 0 Å². The summed E-state index contributed by atoms with van der Waals surface area (Å²) >= 11 is 17.6. The highest BCUT2D eigenvalue weighted by atomic mass is 127. The van der Waals surface area contributed by atoms with E-state index in [0.717, 1.165) is 81.3 Å². The Bertz CT molecular complexity index is 3970. The molecular formula is C60H57Br2I5N8O17. The number of methoxy groups -OCH3 is 7. The Morgan fingerprint density at radius 3 is 1.41 bits per heavy atom. The molecule has 0 saturated carbocycles. The third kappa shape index (κ3) is 21.0. The average molecular weight is 1960 g/mol. The molecule has 0 amide bonds. The molecule has 9 rings (SSSR count). The molecule has 0 saturated heterocycles. The van der Waals surface area contributed by atoms with Crippen molar-refractivity contribution in [2.75, 3.05) is 67.8 Å². The summed E-state index contributed by atoms with van der Waals surface area (Å²) in [5.74, 6) is -2.52. The third-order valence-corrected chi connectivity index (χ3v) is 19.0. The van der Waals surface area contributed by atoms with Crippen LogP contribution < -0.4 is 11.5 Å². The number of aliphatic imine (C=N–C) groups is 2. The summed E-state index contributed by atoms with van der Waals surface area (Å²) in [7, 11) is 9.62. The van der Waals surface area contributed by atoms with Gasteiger partial charge in [0.25, 0.3) is 11.4 Å². The number of halogens is 7. The molecule has 4 N–H and O–H groups in total. The number of nitrogens with zero attached hydrogens (tertiary/aromatic N) is 6. The molecule has 0 unspecified atom stereocenters. The van der Waals surface area contributed by atoms with E-state index < -0.39 is 21.8 Å². The zero-order valence-corrected chi connectivity index (χ0v) is 64.4. The summed E-state index contributed by atoms with van der Waals surface area (Å²) in [6, 6.07) is 19.6. The molecule has 0 atom stereocenters. The van der Waals surface area contributed by atoms with Crippen LogP contribution in [-0.4, -0.2) is 123 Å². The van der Waals surface area contributed by atoms with Gasteiger partial charge in [0.05, 0.1) is 104 Å². The molecule has 2 aliphatic rings. The van der Waals surface area contributed by atoms with Crippen molar-refractivity contribution in [1.82, 2.24) is 9.78 Å². The topological polar surface area (TPSA) is 348 Å². The summed E-state index contributed by atoms with van der Waals surface area (Å²) < 4.78 is 40.9. The maximum Gasteiger partial charge on any atom is 0.338 e. The Kier molecular flexibility index (Phi) is 31.6. The van der Waals surface area contributed by atoms with Gasteiger partial charge >= 0.3 is 35.8 Å². The number of fused-ring (bicyclic) bond motifs is 3. The predicted molar refractivity (Wildman–Crippen MR) is 395 cm³/mol.